The Labute approximate surface area is 162 Å². The van der Waals surface area contributed by atoms with Crippen molar-refractivity contribution in [2.75, 3.05) is 37.4 Å². The summed E-state index contributed by atoms with van der Waals surface area (Å²) in [4.78, 5) is 23.3. The molecule has 3 rings (SSSR count). The summed E-state index contributed by atoms with van der Waals surface area (Å²) in [6.45, 7) is 0.563. The number of carbonyl (C=O) groups excluding carboxylic acids is 2. The van der Waals surface area contributed by atoms with Crippen LogP contribution in [-0.2, 0) is 16.0 Å². The topological polar surface area (TPSA) is 88.7 Å². The van der Waals surface area contributed by atoms with E-state index in [1.165, 1.54) is 0 Å². The highest BCUT2D eigenvalue weighted by molar-refractivity contribution is 6.33. The van der Waals surface area contributed by atoms with E-state index in [1.807, 2.05) is 24.3 Å². The molecule has 0 saturated carbocycles. The molecule has 0 fully saturated rings. The van der Waals surface area contributed by atoms with Crippen LogP contribution in [-0.4, -0.2) is 38.6 Å². The summed E-state index contributed by atoms with van der Waals surface area (Å²) >= 11 is 6.19. The van der Waals surface area contributed by atoms with Crippen molar-refractivity contribution in [3.05, 3.63) is 47.0 Å². The predicted molar refractivity (Wildman–Crippen MR) is 104 cm³/mol. The largest absolute Gasteiger partial charge is 0.497 e. The average Bonchev–Trinajstić information content (AvgIpc) is 2.67. The number of hydrogen-bond donors (Lipinski definition) is 3. The van der Waals surface area contributed by atoms with E-state index in [-0.39, 0.29) is 25.0 Å². The van der Waals surface area contributed by atoms with Crippen LogP contribution in [0.15, 0.2) is 36.4 Å². The highest BCUT2D eigenvalue weighted by Gasteiger charge is 2.18. The number of halogens is 1. The minimum Gasteiger partial charge on any atom is -0.497 e. The number of benzene rings is 2. The zero-order chi connectivity index (χ0) is 19.2. The van der Waals surface area contributed by atoms with Gasteiger partial charge in [0.1, 0.15) is 11.5 Å². The number of anilines is 2. The maximum Gasteiger partial charge on any atom is 0.262 e. The minimum absolute atomic E-state index is 0.0417. The summed E-state index contributed by atoms with van der Waals surface area (Å²) in [5.74, 6) is 0.945. The van der Waals surface area contributed by atoms with Gasteiger partial charge in [-0.05, 0) is 30.2 Å². The number of ether oxygens (including phenoxy) is 2. The van der Waals surface area contributed by atoms with E-state index < -0.39 is 0 Å². The molecule has 2 amide bonds. The van der Waals surface area contributed by atoms with Gasteiger partial charge < -0.3 is 25.4 Å². The van der Waals surface area contributed by atoms with Crippen LogP contribution in [0.5, 0.6) is 11.5 Å². The van der Waals surface area contributed by atoms with E-state index >= 15 is 0 Å². The summed E-state index contributed by atoms with van der Waals surface area (Å²) < 4.78 is 10.5. The van der Waals surface area contributed by atoms with Gasteiger partial charge in [-0.25, -0.2) is 0 Å². The lowest BCUT2D eigenvalue weighted by atomic mass is 10.1. The number of amides is 2. The van der Waals surface area contributed by atoms with Crippen LogP contribution < -0.4 is 25.4 Å². The fraction of sp³-hybridized carbons (Fsp3) is 0.263. The van der Waals surface area contributed by atoms with Crippen LogP contribution >= 0.6 is 11.6 Å². The molecule has 2 aromatic carbocycles. The number of carbonyl (C=O) groups is 2. The number of methoxy groups -OCH3 is 1. The van der Waals surface area contributed by atoms with Gasteiger partial charge in [-0.1, -0.05) is 23.7 Å². The van der Waals surface area contributed by atoms with Crippen molar-refractivity contribution in [1.29, 1.82) is 0 Å². The lowest BCUT2D eigenvalue weighted by molar-refractivity contribution is -0.119. The smallest absolute Gasteiger partial charge is 0.262 e. The minimum atomic E-state index is -0.226. The zero-order valence-corrected chi connectivity index (χ0v) is 15.6. The SMILES string of the molecule is COc1ccc(CCNC(=O)CNc2cc3c(cc2Cl)NC(=O)CO3)cc1. The molecule has 1 heterocycles. The normalized spacial score (nSPS) is 12.4. The van der Waals surface area contributed by atoms with E-state index in [0.717, 1.165) is 17.7 Å². The van der Waals surface area contributed by atoms with Gasteiger partial charge in [-0.2, -0.15) is 0 Å². The molecular weight excluding hydrogens is 370 g/mol. The molecular formula is C19H20ClN3O4. The summed E-state index contributed by atoms with van der Waals surface area (Å²) in [6, 6.07) is 11.0. The second-order valence-corrected chi connectivity index (χ2v) is 6.37. The molecule has 0 radical (unpaired) electrons. The highest BCUT2D eigenvalue weighted by Crippen LogP contribution is 2.36. The Balaban J connectivity index is 1.47. The molecule has 1 aliphatic rings. The Kier molecular flexibility index (Phi) is 6.03. The zero-order valence-electron chi connectivity index (χ0n) is 14.8. The Morgan fingerprint density at radius 2 is 2.07 bits per heavy atom. The van der Waals surface area contributed by atoms with Gasteiger partial charge in [0.05, 0.1) is 30.1 Å². The van der Waals surface area contributed by atoms with E-state index in [2.05, 4.69) is 16.0 Å². The standard InChI is InChI=1S/C19H20ClN3O4/c1-26-13-4-2-12(3-5-13)6-7-21-18(24)10-22-15-9-17-16(8-14(15)20)23-19(25)11-27-17/h2-5,8-9,22H,6-7,10-11H2,1H3,(H,21,24)(H,23,25). The quantitative estimate of drug-likeness (QED) is 0.677. The summed E-state index contributed by atoms with van der Waals surface area (Å²) in [5, 5.41) is 8.91. The van der Waals surface area contributed by atoms with Gasteiger partial charge in [0.2, 0.25) is 5.91 Å². The van der Waals surface area contributed by atoms with Crippen LogP contribution in [0, 0.1) is 0 Å². The summed E-state index contributed by atoms with van der Waals surface area (Å²) in [6.07, 6.45) is 0.725. The molecule has 0 bridgehead atoms. The molecule has 0 spiro atoms. The van der Waals surface area contributed by atoms with Crippen LogP contribution in [0.4, 0.5) is 11.4 Å². The van der Waals surface area contributed by atoms with Crippen molar-refractivity contribution >= 4 is 34.8 Å². The van der Waals surface area contributed by atoms with Gasteiger partial charge in [-0.15, -0.1) is 0 Å². The maximum atomic E-state index is 12.0. The van der Waals surface area contributed by atoms with Crippen LogP contribution in [0.1, 0.15) is 5.56 Å². The average molecular weight is 390 g/mol. The predicted octanol–water partition coefficient (Wildman–Crippen LogP) is 2.45. The van der Waals surface area contributed by atoms with Crippen LogP contribution in [0.2, 0.25) is 5.02 Å². The van der Waals surface area contributed by atoms with Crippen molar-refractivity contribution in [2.45, 2.75) is 6.42 Å². The molecule has 0 saturated heterocycles. The number of rotatable bonds is 7. The summed E-state index contributed by atoms with van der Waals surface area (Å²) in [5.41, 5.74) is 2.20. The third-order valence-electron chi connectivity index (χ3n) is 4.04. The van der Waals surface area contributed by atoms with Gasteiger partial charge >= 0.3 is 0 Å². The Morgan fingerprint density at radius 3 is 2.81 bits per heavy atom. The van der Waals surface area contributed by atoms with Crippen molar-refractivity contribution in [3.8, 4) is 11.5 Å². The number of hydrogen-bond acceptors (Lipinski definition) is 5. The van der Waals surface area contributed by atoms with Crippen molar-refractivity contribution in [2.24, 2.45) is 0 Å². The first kappa shape index (κ1) is 18.8. The van der Waals surface area contributed by atoms with Gasteiger partial charge in [0, 0.05) is 12.6 Å². The highest BCUT2D eigenvalue weighted by atomic mass is 35.5. The molecule has 142 valence electrons. The van der Waals surface area contributed by atoms with E-state index in [4.69, 9.17) is 21.1 Å². The van der Waals surface area contributed by atoms with Gasteiger partial charge in [-0.3, -0.25) is 9.59 Å². The Bertz CT molecular complexity index is 840. The second-order valence-electron chi connectivity index (χ2n) is 5.97. The molecule has 1 aliphatic heterocycles. The second kappa shape index (κ2) is 8.64. The number of fused-ring (bicyclic) bond motifs is 1. The molecule has 3 N–H and O–H groups in total. The molecule has 27 heavy (non-hydrogen) atoms. The monoisotopic (exact) mass is 389 g/mol. The Hall–Kier alpha value is -2.93. The number of nitrogens with one attached hydrogen (secondary N) is 3. The third kappa shape index (κ3) is 5.04. The molecule has 2 aromatic rings. The maximum absolute atomic E-state index is 12.0. The van der Waals surface area contributed by atoms with Crippen molar-refractivity contribution < 1.29 is 19.1 Å². The van der Waals surface area contributed by atoms with E-state index in [9.17, 15) is 9.59 Å². The van der Waals surface area contributed by atoms with Crippen molar-refractivity contribution in [3.63, 3.8) is 0 Å². The third-order valence-corrected chi connectivity index (χ3v) is 4.35. The molecule has 0 aromatic heterocycles. The molecule has 8 heteroatoms. The van der Waals surface area contributed by atoms with E-state index in [1.54, 1.807) is 19.2 Å². The molecule has 0 atom stereocenters. The first-order chi connectivity index (χ1) is 13.0. The Morgan fingerprint density at radius 1 is 1.30 bits per heavy atom. The molecule has 0 unspecified atom stereocenters. The van der Waals surface area contributed by atoms with Gasteiger partial charge in [0.25, 0.3) is 5.91 Å². The lowest BCUT2D eigenvalue weighted by Crippen LogP contribution is -2.31. The first-order valence-corrected chi connectivity index (χ1v) is 8.82. The van der Waals surface area contributed by atoms with Crippen LogP contribution in [0.3, 0.4) is 0 Å². The fourth-order valence-corrected chi connectivity index (χ4v) is 2.84. The lowest BCUT2D eigenvalue weighted by Gasteiger charge is -2.20. The molecule has 0 aliphatic carbocycles. The molecule has 7 nitrogen and oxygen atoms in total. The van der Waals surface area contributed by atoms with Crippen molar-refractivity contribution in [1.82, 2.24) is 5.32 Å². The fourth-order valence-electron chi connectivity index (χ4n) is 2.61. The van der Waals surface area contributed by atoms with E-state index in [0.29, 0.717) is 28.7 Å². The first-order valence-electron chi connectivity index (χ1n) is 8.45. The summed E-state index contributed by atoms with van der Waals surface area (Å²) in [7, 11) is 1.62. The van der Waals surface area contributed by atoms with Gasteiger partial charge in [0.15, 0.2) is 6.61 Å². The van der Waals surface area contributed by atoms with Crippen LogP contribution in [0.25, 0.3) is 0 Å².